The number of nitrogens with two attached hydrogens (primary N) is 1. The van der Waals surface area contributed by atoms with E-state index in [0.29, 0.717) is 37.4 Å². The van der Waals surface area contributed by atoms with E-state index in [1.54, 1.807) is 6.92 Å². The average Bonchev–Trinajstić information content (AvgIpc) is 3.26. The Labute approximate surface area is 192 Å². The molecule has 3 N–H and O–H groups in total. The lowest BCUT2D eigenvalue weighted by Crippen LogP contribution is -2.58. The highest BCUT2D eigenvalue weighted by molar-refractivity contribution is 5.98. The normalized spacial score (nSPS) is 20.4. The van der Waals surface area contributed by atoms with E-state index in [1.165, 1.54) is 16.7 Å². The van der Waals surface area contributed by atoms with Crippen molar-refractivity contribution in [2.45, 2.75) is 58.0 Å². The van der Waals surface area contributed by atoms with Crippen molar-refractivity contribution in [1.82, 2.24) is 20.2 Å². The Balaban J connectivity index is 2.11. The first-order valence-corrected chi connectivity index (χ1v) is 11.0. The summed E-state index contributed by atoms with van der Waals surface area (Å²) in [5, 5.41) is 0.684. The minimum Gasteiger partial charge on any atom is -0.463 e. The fraction of sp³-hybridized carbons (Fsp3) is 0.619. The molecule has 182 valence electrons. The topological polar surface area (TPSA) is 159 Å². The van der Waals surface area contributed by atoms with E-state index in [2.05, 4.69) is 5.43 Å². The van der Waals surface area contributed by atoms with Crippen LogP contribution in [0, 0.1) is 0 Å². The smallest absolute Gasteiger partial charge is 0.330 e. The van der Waals surface area contributed by atoms with Gasteiger partial charge in [0.2, 0.25) is 17.7 Å². The Bertz CT molecular complexity index is 828. The molecule has 5 amide bonds. The fourth-order valence-corrected chi connectivity index (χ4v) is 4.02. The second-order valence-corrected chi connectivity index (χ2v) is 7.87. The Hall–Kier alpha value is -3.44. The van der Waals surface area contributed by atoms with Crippen molar-refractivity contribution in [3.05, 3.63) is 12.2 Å². The van der Waals surface area contributed by atoms with E-state index in [9.17, 15) is 28.8 Å². The molecule has 0 aromatic carbocycles. The molecule has 0 aromatic heterocycles. The van der Waals surface area contributed by atoms with Crippen LogP contribution in [0.1, 0.15) is 46.0 Å². The van der Waals surface area contributed by atoms with E-state index in [-0.39, 0.29) is 18.4 Å². The lowest BCUT2D eigenvalue weighted by Gasteiger charge is -2.37. The number of likely N-dealkylation sites (tertiary alicyclic amines) is 2. The summed E-state index contributed by atoms with van der Waals surface area (Å²) in [5.74, 6) is -3.67. The number of amides is 5. The minimum absolute atomic E-state index is 0.118. The van der Waals surface area contributed by atoms with Gasteiger partial charge in [-0.3, -0.25) is 29.4 Å². The van der Waals surface area contributed by atoms with Gasteiger partial charge in [0.05, 0.1) is 6.61 Å². The Morgan fingerprint density at radius 3 is 2.30 bits per heavy atom. The Morgan fingerprint density at radius 2 is 1.67 bits per heavy atom. The van der Waals surface area contributed by atoms with Crippen LogP contribution in [0.4, 0.5) is 0 Å². The molecule has 2 aliphatic heterocycles. The van der Waals surface area contributed by atoms with E-state index >= 15 is 0 Å². The average molecular weight is 466 g/mol. The van der Waals surface area contributed by atoms with Crippen molar-refractivity contribution in [1.29, 1.82) is 0 Å². The number of esters is 1. The standard InChI is InChI=1S/C21H31N5O7/c1-3-33-19(30)10-9-18(29)26(13-17(22)28)23-20(31)15-8-6-12-25(15)21(32)16-7-4-5-11-24(16)14(2)27/h9-10,15-16H,3-8,11-13H2,1-2H3,(H2,22,28)(H,23,31)/b10-9+/t15-,16+/m0/s1. The summed E-state index contributed by atoms with van der Waals surface area (Å²) in [5.41, 5.74) is 7.51. The molecule has 0 bridgehead atoms. The molecule has 2 aliphatic rings. The molecular formula is C21H31N5O7. The van der Waals surface area contributed by atoms with E-state index in [1.807, 2.05) is 0 Å². The summed E-state index contributed by atoms with van der Waals surface area (Å²) in [6.45, 7) is 3.34. The van der Waals surface area contributed by atoms with Crippen molar-refractivity contribution in [2.24, 2.45) is 5.73 Å². The van der Waals surface area contributed by atoms with Gasteiger partial charge in [-0.1, -0.05) is 0 Å². The van der Waals surface area contributed by atoms with Gasteiger partial charge in [0, 0.05) is 32.2 Å². The van der Waals surface area contributed by atoms with Crippen LogP contribution in [0.5, 0.6) is 0 Å². The number of hydrogen-bond donors (Lipinski definition) is 2. The van der Waals surface area contributed by atoms with Crippen LogP contribution in [0.25, 0.3) is 0 Å². The Kier molecular flexibility index (Phi) is 9.37. The Morgan fingerprint density at radius 1 is 1.00 bits per heavy atom. The number of nitrogens with one attached hydrogen (secondary N) is 1. The first-order chi connectivity index (χ1) is 15.6. The van der Waals surface area contributed by atoms with E-state index in [0.717, 1.165) is 25.0 Å². The van der Waals surface area contributed by atoms with E-state index < -0.39 is 42.3 Å². The monoisotopic (exact) mass is 465 g/mol. The number of hydrogen-bond acceptors (Lipinski definition) is 7. The predicted molar refractivity (Wildman–Crippen MR) is 115 cm³/mol. The van der Waals surface area contributed by atoms with Crippen LogP contribution in [-0.2, 0) is 33.5 Å². The van der Waals surface area contributed by atoms with Gasteiger partial charge in [0.1, 0.15) is 18.6 Å². The van der Waals surface area contributed by atoms with Gasteiger partial charge < -0.3 is 20.3 Å². The number of carbonyl (C=O) groups excluding carboxylic acids is 6. The molecule has 0 saturated carbocycles. The molecule has 2 fully saturated rings. The third kappa shape index (κ3) is 7.02. The van der Waals surface area contributed by atoms with Crippen LogP contribution >= 0.6 is 0 Å². The highest BCUT2D eigenvalue weighted by Crippen LogP contribution is 2.24. The number of rotatable bonds is 7. The van der Waals surface area contributed by atoms with Crippen LogP contribution in [-0.4, -0.2) is 88.6 Å². The molecule has 0 spiro atoms. The maximum atomic E-state index is 13.2. The predicted octanol–water partition coefficient (Wildman–Crippen LogP) is -1.16. The summed E-state index contributed by atoms with van der Waals surface area (Å²) >= 11 is 0. The molecular weight excluding hydrogens is 434 g/mol. The number of nitrogens with zero attached hydrogens (tertiary/aromatic N) is 3. The zero-order valence-electron chi connectivity index (χ0n) is 19.0. The molecule has 33 heavy (non-hydrogen) atoms. The summed E-state index contributed by atoms with van der Waals surface area (Å²) in [6.07, 6.45) is 4.80. The summed E-state index contributed by atoms with van der Waals surface area (Å²) in [4.78, 5) is 76.3. The summed E-state index contributed by atoms with van der Waals surface area (Å²) < 4.78 is 4.69. The number of hydrazine groups is 1. The van der Waals surface area contributed by atoms with Gasteiger partial charge in [-0.25, -0.2) is 9.80 Å². The van der Waals surface area contributed by atoms with Crippen LogP contribution < -0.4 is 11.2 Å². The largest absolute Gasteiger partial charge is 0.463 e. The van der Waals surface area contributed by atoms with Crippen molar-refractivity contribution < 1.29 is 33.5 Å². The highest BCUT2D eigenvalue weighted by atomic mass is 16.5. The molecule has 2 heterocycles. The van der Waals surface area contributed by atoms with Crippen LogP contribution in [0.15, 0.2) is 12.2 Å². The summed E-state index contributed by atoms with van der Waals surface area (Å²) in [6, 6.07) is -1.49. The van der Waals surface area contributed by atoms with E-state index in [4.69, 9.17) is 10.5 Å². The van der Waals surface area contributed by atoms with Gasteiger partial charge in [-0.2, -0.15) is 0 Å². The highest BCUT2D eigenvalue weighted by Gasteiger charge is 2.41. The number of primary amides is 1. The van der Waals surface area contributed by atoms with Gasteiger partial charge in [0.15, 0.2) is 0 Å². The van der Waals surface area contributed by atoms with Gasteiger partial charge in [-0.05, 0) is 39.0 Å². The molecule has 0 aliphatic carbocycles. The van der Waals surface area contributed by atoms with Crippen LogP contribution in [0.3, 0.4) is 0 Å². The second-order valence-electron chi connectivity index (χ2n) is 7.87. The number of carbonyl (C=O) groups is 6. The molecule has 0 aromatic rings. The fourth-order valence-electron chi connectivity index (χ4n) is 4.02. The minimum atomic E-state index is -0.883. The summed E-state index contributed by atoms with van der Waals surface area (Å²) in [7, 11) is 0. The third-order valence-electron chi connectivity index (χ3n) is 5.50. The zero-order valence-corrected chi connectivity index (χ0v) is 19.0. The van der Waals surface area contributed by atoms with Crippen molar-refractivity contribution in [3.8, 4) is 0 Å². The third-order valence-corrected chi connectivity index (χ3v) is 5.50. The lowest BCUT2D eigenvalue weighted by molar-refractivity contribution is -0.151. The van der Waals surface area contributed by atoms with Gasteiger partial charge in [-0.15, -0.1) is 0 Å². The number of ether oxygens (including phenoxy) is 1. The SMILES string of the molecule is CCOC(=O)/C=C/C(=O)N(CC(N)=O)NC(=O)[C@@H]1CCCN1C(=O)[C@H]1CCCCN1C(C)=O. The molecule has 2 saturated heterocycles. The molecule has 12 nitrogen and oxygen atoms in total. The van der Waals surface area contributed by atoms with Gasteiger partial charge >= 0.3 is 5.97 Å². The molecule has 2 atom stereocenters. The second kappa shape index (κ2) is 12.0. The van der Waals surface area contributed by atoms with Crippen molar-refractivity contribution in [2.75, 3.05) is 26.2 Å². The van der Waals surface area contributed by atoms with Crippen molar-refractivity contribution >= 4 is 35.5 Å². The first-order valence-electron chi connectivity index (χ1n) is 11.0. The molecule has 12 heteroatoms. The maximum absolute atomic E-state index is 13.2. The first kappa shape index (κ1) is 25.8. The molecule has 0 unspecified atom stereocenters. The van der Waals surface area contributed by atoms with Gasteiger partial charge in [0.25, 0.3) is 11.8 Å². The maximum Gasteiger partial charge on any atom is 0.330 e. The molecule has 0 radical (unpaired) electrons. The number of piperidine rings is 1. The zero-order chi connectivity index (χ0) is 24.5. The quantitative estimate of drug-likeness (QED) is 0.273. The van der Waals surface area contributed by atoms with Crippen LogP contribution in [0.2, 0.25) is 0 Å². The molecule has 2 rings (SSSR count). The van der Waals surface area contributed by atoms with Crippen molar-refractivity contribution in [3.63, 3.8) is 0 Å². The lowest BCUT2D eigenvalue weighted by atomic mass is 10.0.